The number of carbonyl (C=O) groups is 2. The van der Waals surface area contributed by atoms with Gasteiger partial charge in [-0.15, -0.1) is 0 Å². The van der Waals surface area contributed by atoms with E-state index in [0.717, 1.165) is 58.4 Å². The third kappa shape index (κ3) is 6.71. The Morgan fingerprint density at radius 1 is 0.958 bits per heavy atom. The van der Waals surface area contributed by atoms with Crippen molar-refractivity contribution in [1.29, 1.82) is 0 Å². The molecule has 1 amide bonds. The topological polar surface area (TPSA) is 60.9 Å². The monoisotopic (exact) mass is 332 g/mol. The van der Waals surface area contributed by atoms with Crippen LogP contribution < -0.4 is 0 Å². The Bertz CT molecular complexity index is 519. The number of unbranched alkanes of at least 4 members (excludes halogenated alkanes) is 1. The van der Waals surface area contributed by atoms with Crippen LogP contribution >= 0.6 is 0 Å². The van der Waals surface area contributed by atoms with E-state index in [4.69, 9.17) is 5.11 Å². The summed E-state index contributed by atoms with van der Waals surface area (Å²) in [5.41, 5.74) is 1.21. The summed E-state index contributed by atoms with van der Waals surface area (Å²) in [6.07, 6.45) is 4.26. The first-order chi connectivity index (χ1) is 11.6. The van der Waals surface area contributed by atoms with Crippen LogP contribution in [0.5, 0.6) is 0 Å². The molecule has 1 aliphatic heterocycles. The van der Waals surface area contributed by atoms with Crippen molar-refractivity contribution < 1.29 is 14.7 Å². The van der Waals surface area contributed by atoms with Crippen molar-refractivity contribution >= 4 is 11.9 Å². The van der Waals surface area contributed by atoms with Gasteiger partial charge in [-0.25, -0.2) is 0 Å². The highest BCUT2D eigenvalue weighted by molar-refractivity contribution is 5.76. The van der Waals surface area contributed by atoms with Gasteiger partial charge in [0, 0.05) is 32.5 Å². The molecule has 24 heavy (non-hydrogen) atoms. The Morgan fingerprint density at radius 3 is 2.50 bits per heavy atom. The Labute approximate surface area is 144 Å². The summed E-state index contributed by atoms with van der Waals surface area (Å²) in [5, 5.41) is 8.67. The molecule has 5 nitrogen and oxygen atoms in total. The van der Waals surface area contributed by atoms with Gasteiger partial charge < -0.3 is 14.9 Å². The molecule has 1 aliphatic rings. The number of benzene rings is 1. The number of carboxylic acids is 1. The van der Waals surface area contributed by atoms with E-state index < -0.39 is 5.97 Å². The number of hydrogen-bond donors (Lipinski definition) is 1. The minimum Gasteiger partial charge on any atom is -0.481 e. The summed E-state index contributed by atoms with van der Waals surface area (Å²) in [6.45, 7) is 4.44. The van der Waals surface area contributed by atoms with E-state index in [9.17, 15) is 9.59 Å². The lowest BCUT2D eigenvalue weighted by atomic mass is 10.1. The molecule has 132 valence electrons. The third-order valence-electron chi connectivity index (χ3n) is 4.53. The van der Waals surface area contributed by atoms with Crippen molar-refractivity contribution in [3.63, 3.8) is 0 Å². The van der Waals surface area contributed by atoms with Crippen molar-refractivity contribution in [2.75, 3.05) is 32.7 Å². The maximum Gasteiger partial charge on any atom is 0.303 e. The fraction of sp³-hybridized carbons (Fsp3) is 0.579. The second-order valence-corrected chi connectivity index (χ2v) is 6.41. The Kier molecular flexibility index (Phi) is 7.75. The molecule has 1 heterocycles. The van der Waals surface area contributed by atoms with Gasteiger partial charge in [-0.3, -0.25) is 9.59 Å². The Balaban J connectivity index is 1.68. The lowest BCUT2D eigenvalue weighted by Crippen LogP contribution is -2.35. The van der Waals surface area contributed by atoms with Gasteiger partial charge in [0.15, 0.2) is 0 Å². The van der Waals surface area contributed by atoms with Gasteiger partial charge >= 0.3 is 5.97 Å². The van der Waals surface area contributed by atoms with Crippen LogP contribution in [0.1, 0.15) is 37.7 Å². The molecule has 0 spiro atoms. The predicted molar refractivity (Wildman–Crippen MR) is 93.9 cm³/mol. The number of carboxylic acid groups (broad SMARTS) is 1. The van der Waals surface area contributed by atoms with E-state index in [1.54, 1.807) is 0 Å². The van der Waals surface area contributed by atoms with Gasteiger partial charge in [-0.05, 0) is 44.3 Å². The van der Waals surface area contributed by atoms with Crippen LogP contribution in [0, 0.1) is 0 Å². The van der Waals surface area contributed by atoms with Gasteiger partial charge in [0.05, 0.1) is 0 Å². The number of nitrogens with zero attached hydrogens (tertiary/aromatic N) is 2. The first kappa shape index (κ1) is 18.5. The number of aliphatic carboxylic acids is 1. The van der Waals surface area contributed by atoms with Gasteiger partial charge in [-0.1, -0.05) is 30.3 Å². The van der Waals surface area contributed by atoms with Gasteiger partial charge in [0.1, 0.15) is 0 Å². The number of carbonyl (C=O) groups excluding carboxylic acids is 1. The van der Waals surface area contributed by atoms with Gasteiger partial charge in [0.25, 0.3) is 0 Å². The van der Waals surface area contributed by atoms with Crippen molar-refractivity contribution in [1.82, 2.24) is 9.80 Å². The zero-order valence-electron chi connectivity index (χ0n) is 14.3. The van der Waals surface area contributed by atoms with Crippen LogP contribution in [0.2, 0.25) is 0 Å². The van der Waals surface area contributed by atoms with Crippen molar-refractivity contribution in [3.8, 4) is 0 Å². The SMILES string of the molecule is O=C(O)CCCCN1CCCN(C(=O)CCc2ccccc2)CC1. The van der Waals surface area contributed by atoms with E-state index in [1.807, 2.05) is 23.1 Å². The number of rotatable bonds is 8. The van der Waals surface area contributed by atoms with Crippen LogP contribution in [0.25, 0.3) is 0 Å². The fourth-order valence-corrected chi connectivity index (χ4v) is 3.11. The second kappa shape index (κ2) is 10.1. The van der Waals surface area contributed by atoms with Gasteiger partial charge in [0.2, 0.25) is 5.91 Å². The highest BCUT2D eigenvalue weighted by Gasteiger charge is 2.18. The molecular weight excluding hydrogens is 304 g/mol. The fourth-order valence-electron chi connectivity index (χ4n) is 3.11. The smallest absolute Gasteiger partial charge is 0.303 e. The summed E-state index contributed by atoms with van der Waals surface area (Å²) >= 11 is 0. The van der Waals surface area contributed by atoms with Crippen molar-refractivity contribution in [2.24, 2.45) is 0 Å². The quantitative estimate of drug-likeness (QED) is 0.743. The summed E-state index contributed by atoms with van der Waals surface area (Å²) in [5.74, 6) is -0.479. The molecule has 1 saturated heterocycles. The first-order valence-corrected chi connectivity index (χ1v) is 8.91. The maximum atomic E-state index is 12.4. The standard InChI is InChI=1S/C19H28N2O3/c22-18(11-10-17-7-2-1-3-8-17)21-14-6-13-20(15-16-21)12-5-4-9-19(23)24/h1-3,7-8H,4-6,9-16H2,(H,23,24). The Morgan fingerprint density at radius 2 is 1.75 bits per heavy atom. The zero-order valence-corrected chi connectivity index (χ0v) is 14.3. The minimum absolute atomic E-state index is 0.242. The van der Waals surface area contributed by atoms with Gasteiger partial charge in [-0.2, -0.15) is 0 Å². The number of amides is 1. The molecule has 0 saturated carbocycles. The molecule has 0 bridgehead atoms. The van der Waals surface area contributed by atoms with E-state index in [-0.39, 0.29) is 12.3 Å². The molecule has 0 aliphatic carbocycles. The average molecular weight is 332 g/mol. The van der Waals surface area contributed by atoms with Crippen LogP contribution in [0.15, 0.2) is 30.3 Å². The van der Waals surface area contributed by atoms with E-state index in [2.05, 4.69) is 17.0 Å². The predicted octanol–water partition coefficient (Wildman–Crippen LogP) is 2.41. The molecule has 1 aromatic carbocycles. The molecule has 1 fully saturated rings. The molecule has 2 rings (SSSR count). The lowest BCUT2D eigenvalue weighted by Gasteiger charge is -2.22. The summed E-state index contributed by atoms with van der Waals surface area (Å²) in [6, 6.07) is 10.1. The molecule has 0 unspecified atom stereocenters. The third-order valence-corrected chi connectivity index (χ3v) is 4.53. The van der Waals surface area contributed by atoms with Crippen LogP contribution in [0.3, 0.4) is 0 Å². The average Bonchev–Trinajstić information content (AvgIpc) is 2.83. The normalized spacial score (nSPS) is 15.9. The minimum atomic E-state index is -0.721. The van der Waals surface area contributed by atoms with Crippen molar-refractivity contribution in [2.45, 2.75) is 38.5 Å². The number of hydrogen-bond acceptors (Lipinski definition) is 3. The summed E-state index contributed by atoms with van der Waals surface area (Å²) in [7, 11) is 0. The zero-order chi connectivity index (χ0) is 17.2. The van der Waals surface area contributed by atoms with Crippen LogP contribution in [-0.4, -0.2) is 59.5 Å². The second-order valence-electron chi connectivity index (χ2n) is 6.41. The van der Waals surface area contributed by atoms with Crippen molar-refractivity contribution in [3.05, 3.63) is 35.9 Å². The highest BCUT2D eigenvalue weighted by Crippen LogP contribution is 2.09. The van der Waals surface area contributed by atoms with Crippen LogP contribution in [-0.2, 0) is 16.0 Å². The van der Waals surface area contributed by atoms with Crippen LogP contribution in [0.4, 0.5) is 0 Å². The molecule has 0 atom stereocenters. The molecule has 1 N–H and O–H groups in total. The lowest BCUT2D eigenvalue weighted by molar-refractivity contribution is -0.137. The maximum absolute atomic E-state index is 12.4. The highest BCUT2D eigenvalue weighted by atomic mass is 16.4. The number of aryl methyl sites for hydroxylation is 1. The van der Waals surface area contributed by atoms with E-state index >= 15 is 0 Å². The molecular formula is C19H28N2O3. The van der Waals surface area contributed by atoms with E-state index in [1.165, 1.54) is 5.56 Å². The molecule has 1 aromatic rings. The Hall–Kier alpha value is -1.88. The first-order valence-electron chi connectivity index (χ1n) is 8.91. The molecule has 0 aromatic heterocycles. The largest absolute Gasteiger partial charge is 0.481 e. The summed E-state index contributed by atoms with van der Waals surface area (Å²) < 4.78 is 0. The molecule has 5 heteroatoms. The summed E-state index contributed by atoms with van der Waals surface area (Å²) in [4.78, 5) is 27.3. The van der Waals surface area contributed by atoms with E-state index in [0.29, 0.717) is 6.42 Å². The molecule has 0 radical (unpaired) electrons.